The molecule has 1 radical (unpaired) electrons. The van der Waals surface area contributed by atoms with Crippen LogP contribution < -0.4 is 0 Å². The average molecular weight is 137 g/mol. The number of hydrogen-bond donors (Lipinski definition) is 0. The maximum atomic E-state index is 2.58. The van der Waals surface area contributed by atoms with Crippen molar-refractivity contribution in [3.63, 3.8) is 0 Å². The summed E-state index contributed by atoms with van der Waals surface area (Å²) in [6.45, 7) is 0. The highest BCUT2D eigenvalue weighted by Crippen LogP contribution is 2.36. The standard InChI is InChI=1S/C10H17/c1-3-9-5-2-6-10(4-1)8-7-9/h3,9-10H,1-2,4-8H2. The smallest absolute Gasteiger partial charge is 0.0355 e. The SMILES string of the molecule is [CH]1CCC2CCCC1CC2. The Balaban J connectivity index is 2.01. The summed E-state index contributed by atoms with van der Waals surface area (Å²) in [5.41, 5.74) is 0. The summed E-state index contributed by atoms with van der Waals surface area (Å²) in [6.07, 6.45) is 13.1. The average Bonchev–Trinajstić information content (AvgIpc) is 2.17. The predicted octanol–water partition coefficient (Wildman–Crippen LogP) is 3.18. The summed E-state index contributed by atoms with van der Waals surface area (Å²) in [5.74, 6) is 2.11. The third-order valence-corrected chi connectivity index (χ3v) is 3.21. The molecule has 0 aromatic carbocycles. The Morgan fingerprint density at radius 2 is 1.90 bits per heavy atom. The first-order valence-electron chi connectivity index (χ1n) is 4.78. The third kappa shape index (κ3) is 1.36. The van der Waals surface area contributed by atoms with Gasteiger partial charge in [-0.05, 0) is 31.1 Å². The molecule has 57 valence electrons. The molecule has 0 aromatic rings. The topological polar surface area (TPSA) is 0 Å². The van der Waals surface area contributed by atoms with Crippen molar-refractivity contribution in [2.75, 3.05) is 0 Å². The Kier molecular flexibility index (Phi) is 1.97. The largest absolute Gasteiger partial charge is 0.0528 e. The van der Waals surface area contributed by atoms with Crippen molar-refractivity contribution in [2.24, 2.45) is 11.8 Å². The molecule has 2 aliphatic carbocycles. The highest BCUT2D eigenvalue weighted by molar-refractivity contribution is 4.85. The molecular weight excluding hydrogens is 120 g/mol. The van der Waals surface area contributed by atoms with Gasteiger partial charge in [0.05, 0.1) is 0 Å². The van der Waals surface area contributed by atoms with Crippen molar-refractivity contribution >= 4 is 0 Å². The van der Waals surface area contributed by atoms with E-state index in [4.69, 9.17) is 0 Å². The van der Waals surface area contributed by atoms with Crippen molar-refractivity contribution in [1.29, 1.82) is 0 Å². The number of rotatable bonds is 0. The van der Waals surface area contributed by atoms with Crippen molar-refractivity contribution in [2.45, 2.75) is 44.9 Å². The van der Waals surface area contributed by atoms with Crippen LogP contribution in [0.1, 0.15) is 44.9 Å². The molecule has 2 saturated carbocycles. The van der Waals surface area contributed by atoms with Crippen LogP contribution in [0.15, 0.2) is 0 Å². The van der Waals surface area contributed by atoms with Gasteiger partial charge < -0.3 is 0 Å². The minimum Gasteiger partial charge on any atom is -0.0528 e. The highest BCUT2D eigenvalue weighted by Gasteiger charge is 2.22. The van der Waals surface area contributed by atoms with E-state index >= 15 is 0 Å². The van der Waals surface area contributed by atoms with Crippen molar-refractivity contribution < 1.29 is 0 Å². The first-order chi connectivity index (χ1) is 4.95. The van der Waals surface area contributed by atoms with Crippen LogP contribution in [0.2, 0.25) is 0 Å². The van der Waals surface area contributed by atoms with E-state index in [1.807, 2.05) is 0 Å². The van der Waals surface area contributed by atoms with E-state index < -0.39 is 0 Å². The Bertz CT molecular complexity index is 84.6. The maximum Gasteiger partial charge on any atom is -0.0355 e. The Labute approximate surface area is 64.0 Å². The fraction of sp³-hybridized carbons (Fsp3) is 0.900. The molecule has 0 N–H and O–H groups in total. The van der Waals surface area contributed by atoms with Crippen LogP contribution in [0.3, 0.4) is 0 Å². The number of hydrogen-bond acceptors (Lipinski definition) is 0. The van der Waals surface area contributed by atoms with Gasteiger partial charge in [0, 0.05) is 0 Å². The molecule has 2 aliphatic rings. The summed E-state index contributed by atoms with van der Waals surface area (Å²) in [4.78, 5) is 0. The van der Waals surface area contributed by atoms with Crippen LogP contribution in [0.25, 0.3) is 0 Å². The van der Waals surface area contributed by atoms with Crippen molar-refractivity contribution in [3.8, 4) is 0 Å². The molecule has 0 nitrogen and oxygen atoms in total. The van der Waals surface area contributed by atoms with E-state index in [9.17, 15) is 0 Å². The molecule has 0 heteroatoms. The van der Waals surface area contributed by atoms with Gasteiger partial charge in [0.1, 0.15) is 0 Å². The lowest BCUT2D eigenvalue weighted by Crippen LogP contribution is -2.00. The molecule has 2 unspecified atom stereocenters. The monoisotopic (exact) mass is 137 g/mol. The van der Waals surface area contributed by atoms with Gasteiger partial charge >= 0.3 is 0 Å². The molecule has 0 amide bonds. The predicted molar refractivity (Wildman–Crippen MR) is 43.6 cm³/mol. The molecule has 0 heterocycles. The van der Waals surface area contributed by atoms with Gasteiger partial charge in [0.25, 0.3) is 0 Å². The first-order valence-corrected chi connectivity index (χ1v) is 4.78. The normalized spacial score (nSPS) is 40.8. The van der Waals surface area contributed by atoms with Gasteiger partial charge in [-0.2, -0.15) is 0 Å². The van der Waals surface area contributed by atoms with Crippen LogP contribution in [-0.4, -0.2) is 0 Å². The summed E-state index contributed by atoms with van der Waals surface area (Å²) in [6, 6.07) is 0. The van der Waals surface area contributed by atoms with E-state index in [0.717, 1.165) is 11.8 Å². The maximum absolute atomic E-state index is 2.58. The van der Waals surface area contributed by atoms with E-state index in [-0.39, 0.29) is 0 Å². The second-order valence-electron chi connectivity index (χ2n) is 3.95. The molecule has 0 spiro atoms. The fourth-order valence-corrected chi connectivity index (χ4v) is 2.50. The van der Waals surface area contributed by atoms with Crippen LogP contribution in [0.5, 0.6) is 0 Å². The quantitative estimate of drug-likeness (QED) is 0.481. The van der Waals surface area contributed by atoms with Crippen molar-refractivity contribution in [3.05, 3.63) is 6.42 Å². The van der Waals surface area contributed by atoms with Crippen LogP contribution in [0, 0.1) is 18.3 Å². The van der Waals surface area contributed by atoms with Crippen molar-refractivity contribution in [1.82, 2.24) is 0 Å². The lowest BCUT2D eigenvalue weighted by Gasteiger charge is -2.13. The summed E-state index contributed by atoms with van der Waals surface area (Å²) in [7, 11) is 0. The third-order valence-electron chi connectivity index (χ3n) is 3.21. The van der Waals surface area contributed by atoms with E-state index in [1.54, 1.807) is 0 Å². The zero-order valence-electron chi connectivity index (χ0n) is 6.68. The molecule has 10 heavy (non-hydrogen) atoms. The lowest BCUT2D eigenvalue weighted by molar-refractivity contribution is 0.432. The zero-order chi connectivity index (χ0) is 6.81. The molecule has 0 aromatic heterocycles. The van der Waals surface area contributed by atoms with Crippen LogP contribution in [0.4, 0.5) is 0 Å². The van der Waals surface area contributed by atoms with E-state index in [0.29, 0.717) is 0 Å². The van der Waals surface area contributed by atoms with Gasteiger partial charge in [-0.3, -0.25) is 0 Å². The Morgan fingerprint density at radius 3 is 2.90 bits per heavy atom. The molecule has 2 fully saturated rings. The fourth-order valence-electron chi connectivity index (χ4n) is 2.50. The van der Waals surface area contributed by atoms with E-state index in [2.05, 4.69) is 6.42 Å². The van der Waals surface area contributed by atoms with Gasteiger partial charge in [0.15, 0.2) is 0 Å². The van der Waals surface area contributed by atoms with Gasteiger partial charge in [0.2, 0.25) is 0 Å². The lowest BCUT2D eigenvalue weighted by atomic mass is 9.92. The molecule has 0 saturated heterocycles. The minimum atomic E-state index is 1.01. The molecule has 2 atom stereocenters. The highest BCUT2D eigenvalue weighted by atomic mass is 14.3. The van der Waals surface area contributed by atoms with Gasteiger partial charge in [-0.1, -0.05) is 32.1 Å². The molecule has 2 rings (SSSR count). The number of fused-ring (bicyclic) bond motifs is 3. The van der Waals surface area contributed by atoms with Crippen LogP contribution in [-0.2, 0) is 0 Å². The summed E-state index contributed by atoms with van der Waals surface area (Å²) in [5, 5.41) is 0. The first kappa shape index (κ1) is 6.69. The zero-order valence-corrected chi connectivity index (χ0v) is 6.68. The molecular formula is C10H17. The molecule has 0 aliphatic heterocycles. The van der Waals surface area contributed by atoms with Gasteiger partial charge in [-0.25, -0.2) is 0 Å². The summed E-state index contributed by atoms with van der Waals surface area (Å²) < 4.78 is 0. The van der Waals surface area contributed by atoms with E-state index in [1.165, 1.54) is 44.9 Å². The second-order valence-corrected chi connectivity index (χ2v) is 3.95. The minimum absolute atomic E-state index is 1.01. The Morgan fingerprint density at radius 1 is 0.900 bits per heavy atom. The second kappa shape index (κ2) is 2.94. The van der Waals surface area contributed by atoms with Crippen LogP contribution >= 0.6 is 0 Å². The Hall–Kier alpha value is 0. The summed E-state index contributed by atoms with van der Waals surface area (Å²) >= 11 is 0. The van der Waals surface area contributed by atoms with Gasteiger partial charge in [-0.15, -0.1) is 0 Å². The molecule has 2 bridgehead atoms.